The van der Waals surface area contributed by atoms with Crippen LogP contribution in [-0.4, -0.2) is 38.2 Å². The van der Waals surface area contributed by atoms with Gasteiger partial charge in [-0.15, -0.1) is 6.58 Å². The number of methoxy groups -OCH3 is 2. The fraction of sp³-hybridized carbons (Fsp3) is 0.421. The van der Waals surface area contributed by atoms with Crippen LogP contribution in [-0.2, 0) is 23.8 Å². The Morgan fingerprint density at radius 2 is 1.72 bits per heavy atom. The average molecular weight is 346 g/mol. The molecule has 2 rings (SSSR count). The standard InChI is InChI=1S/C19H22O6/c1-4-8-14-11-19(17(21)23-2,18(22)24-3)12-15(14)25-16(20)13-9-6-5-7-10-13/h4-7,9-10,14-15H,1,8,11-12H2,2-3H3/t14-,15-/m1/s1. The van der Waals surface area contributed by atoms with Gasteiger partial charge in [0, 0.05) is 12.3 Å². The first kappa shape index (κ1) is 18.7. The molecule has 0 saturated heterocycles. The molecule has 0 bridgehead atoms. The van der Waals surface area contributed by atoms with Crippen molar-refractivity contribution in [3.05, 3.63) is 48.6 Å². The summed E-state index contributed by atoms with van der Waals surface area (Å²) in [5, 5.41) is 0. The molecule has 0 amide bonds. The zero-order valence-corrected chi connectivity index (χ0v) is 14.4. The van der Waals surface area contributed by atoms with Crippen molar-refractivity contribution in [2.24, 2.45) is 11.3 Å². The van der Waals surface area contributed by atoms with Crippen LogP contribution in [0.25, 0.3) is 0 Å². The van der Waals surface area contributed by atoms with Gasteiger partial charge in [0.15, 0.2) is 5.41 Å². The number of esters is 3. The van der Waals surface area contributed by atoms with E-state index in [9.17, 15) is 14.4 Å². The van der Waals surface area contributed by atoms with Gasteiger partial charge in [0.05, 0.1) is 19.8 Å². The lowest BCUT2D eigenvalue weighted by atomic mass is 9.85. The van der Waals surface area contributed by atoms with Crippen molar-refractivity contribution in [1.82, 2.24) is 0 Å². The molecule has 0 heterocycles. The maximum Gasteiger partial charge on any atom is 0.338 e. The Bertz CT molecular complexity index is 635. The molecular weight excluding hydrogens is 324 g/mol. The number of carbonyl (C=O) groups is 3. The summed E-state index contributed by atoms with van der Waals surface area (Å²) in [4.78, 5) is 37.0. The summed E-state index contributed by atoms with van der Waals surface area (Å²) in [6.45, 7) is 3.70. The molecule has 1 saturated carbocycles. The number of benzene rings is 1. The molecule has 6 nitrogen and oxygen atoms in total. The van der Waals surface area contributed by atoms with Crippen LogP contribution in [0.5, 0.6) is 0 Å². The summed E-state index contributed by atoms with van der Waals surface area (Å²) in [5.41, 5.74) is -1.05. The van der Waals surface area contributed by atoms with Gasteiger partial charge in [0.1, 0.15) is 6.10 Å². The van der Waals surface area contributed by atoms with Crippen molar-refractivity contribution < 1.29 is 28.6 Å². The summed E-state index contributed by atoms with van der Waals surface area (Å²) >= 11 is 0. The third kappa shape index (κ3) is 3.73. The topological polar surface area (TPSA) is 78.9 Å². The van der Waals surface area contributed by atoms with Crippen molar-refractivity contribution in [3.63, 3.8) is 0 Å². The van der Waals surface area contributed by atoms with Crippen LogP contribution in [0.2, 0.25) is 0 Å². The van der Waals surface area contributed by atoms with E-state index in [4.69, 9.17) is 14.2 Å². The number of allylic oxidation sites excluding steroid dienone is 1. The zero-order chi connectivity index (χ0) is 18.4. The minimum Gasteiger partial charge on any atom is -0.468 e. The minimum atomic E-state index is -1.46. The summed E-state index contributed by atoms with van der Waals surface area (Å²) in [5.74, 6) is -2.06. The second-order valence-corrected chi connectivity index (χ2v) is 6.07. The fourth-order valence-electron chi connectivity index (χ4n) is 3.35. The Labute approximate surface area is 146 Å². The van der Waals surface area contributed by atoms with Crippen LogP contribution < -0.4 is 0 Å². The number of carbonyl (C=O) groups excluding carboxylic acids is 3. The van der Waals surface area contributed by atoms with Crippen molar-refractivity contribution in [2.75, 3.05) is 14.2 Å². The summed E-state index contributed by atoms with van der Waals surface area (Å²) in [6.07, 6.45) is 1.79. The van der Waals surface area contributed by atoms with E-state index in [1.165, 1.54) is 14.2 Å². The van der Waals surface area contributed by atoms with Gasteiger partial charge in [0.2, 0.25) is 0 Å². The van der Waals surface area contributed by atoms with E-state index < -0.39 is 29.4 Å². The van der Waals surface area contributed by atoms with E-state index in [-0.39, 0.29) is 18.8 Å². The maximum atomic E-state index is 12.4. The van der Waals surface area contributed by atoms with E-state index in [0.717, 1.165) is 0 Å². The molecule has 1 fully saturated rings. The molecule has 1 aliphatic carbocycles. The molecule has 134 valence electrons. The molecule has 1 aliphatic rings. The first-order valence-corrected chi connectivity index (χ1v) is 8.02. The molecule has 25 heavy (non-hydrogen) atoms. The highest BCUT2D eigenvalue weighted by molar-refractivity contribution is 6.00. The van der Waals surface area contributed by atoms with Crippen LogP contribution in [0.15, 0.2) is 43.0 Å². The molecule has 0 radical (unpaired) electrons. The average Bonchev–Trinajstić information content (AvgIpc) is 3.00. The van der Waals surface area contributed by atoms with Gasteiger partial charge in [-0.3, -0.25) is 9.59 Å². The molecular formula is C19H22O6. The molecule has 1 aromatic rings. The van der Waals surface area contributed by atoms with Crippen molar-refractivity contribution in [3.8, 4) is 0 Å². The van der Waals surface area contributed by atoms with Crippen molar-refractivity contribution in [2.45, 2.75) is 25.4 Å². The van der Waals surface area contributed by atoms with Crippen LogP contribution in [0, 0.1) is 11.3 Å². The van der Waals surface area contributed by atoms with Crippen molar-refractivity contribution >= 4 is 17.9 Å². The highest BCUT2D eigenvalue weighted by Gasteiger charge is 2.58. The Morgan fingerprint density at radius 1 is 1.12 bits per heavy atom. The van der Waals surface area contributed by atoms with E-state index in [2.05, 4.69) is 6.58 Å². The predicted molar refractivity (Wildman–Crippen MR) is 89.6 cm³/mol. The minimum absolute atomic E-state index is 0.0312. The van der Waals surface area contributed by atoms with E-state index in [0.29, 0.717) is 12.0 Å². The Kier molecular flexibility index (Phi) is 5.96. The van der Waals surface area contributed by atoms with Gasteiger partial charge in [-0.25, -0.2) is 4.79 Å². The third-order valence-electron chi connectivity index (χ3n) is 4.58. The zero-order valence-electron chi connectivity index (χ0n) is 14.4. The lowest BCUT2D eigenvalue weighted by Gasteiger charge is -2.22. The van der Waals surface area contributed by atoms with Crippen LogP contribution in [0.1, 0.15) is 29.6 Å². The Balaban J connectivity index is 2.26. The predicted octanol–water partition coefficient (Wildman–Crippen LogP) is 2.53. The number of hydrogen-bond acceptors (Lipinski definition) is 6. The second kappa shape index (κ2) is 7.96. The molecule has 0 aromatic heterocycles. The van der Waals surface area contributed by atoms with Crippen LogP contribution in [0.3, 0.4) is 0 Å². The molecule has 1 aromatic carbocycles. The largest absolute Gasteiger partial charge is 0.468 e. The number of ether oxygens (including phenoxy) is 3. The maximum absolute atomic E-state index is 12.4. The van der Waals surface area contributed by atoms with E-state index >= 15 is 0 Å². The van der Waals surface area contributed by atoms with Crippen LogP contribution in [0.4, 0.5) is 0 Å². The quantitative estimate of drug-likeness (QED) is 0.341. The molecule has 6 heteroatoms. The number of rotatable bonds is 6. The third-order valence-corrected chi connectivity index (χ3v) is 4.58. The lowest BCUT2D eigenvalue weighted by molar-refractivity contribution is -0.169. The van der Waals surface area contributed by atoms with Gasteiger partial charge in [0.25, 0.3) is 0 Å². The molecule has 0 aliphatic heterocycles. The van der Waals surface area contributed by atoms with Gasteiger partial charge < -0.3 is 14.2 Å². The molecule has 0 N–H and O–H groups in total. The fourth-order valence-corrected chi connectivity index (χ4v) is 3.35. The smallest absolute Gasteiger partial charge is 0.338 e. The van der Waals surface area contributed by atoms with E-state index in [1.54, 1.807) is 36.4 Å². The SMILES string of the molecule is C=CC[C@@H]1CC(C(=O)OC)(C(=O)OC)C[C@H]1OC(=O)c1ccccc1. The molecule has 0 spiro atoms. The second-order valence-electron chi connectivity index (χ2n) is 6.07. The van der Waals surface area contributed by atoms with Crippen LogP contribution >= 0.6 is 0 Å². The van der Waals surface area contributed by atoms with Gasteiger partial charge in [-0.2, -0.15) is 0 Å². The highest BCUT2D eigenvalue weighted by atomic mass is 16.6. The normalized spacial score (nSPS) is 21.2. The summed E-state index contributed by atoms with van der Waals surface area (Å²) < 4.78 is 15.2. The van der Waals surface area contributed by atoms with Gasteiger partial charge in [-0.1, -0.05) is 24.3 Å². The summed E-state index contributed by atoms with van der Waals surface area (Å²) in [6, 6.07) is 8.56. The van der Waals surface area contributed by atoms with Gasteiger partial charge >= 0.3 is 17.9 Å². The Hall–Kier alpha value is -2.63. The first-order chi connectivity index (χ1) is 12.0. The Morgan fingerprint density at radius 3 is 2.24 bits per heavy atom. The molecule has 2 atom stereocenters. The highest BCUT2D eigenvalue weighted by Crippen LogP contribution is 2.47. The first-order valence-electron chi connectivity index (χ1n) is 8.02. The number of hydrogen-bond donors (Lipinski definition) is 0. The molecule has 0 unspecified atom stereocenters. The summed E-state index contributed by atoms with van der Waals surface area (Å²) in [7, 11) is 2.44. The monoisotopic (exact) mass is 346 g/mol. The lowest BCUT2D eigenvalue weighted by Crippen LogP contribution is -2.39. The van der Waals surface area contributed by atoms with Crippen molar-refractivity contribution in [1.29, 1.82) is 0 Å². The van der Waals surface area contributed by atoms with Gasteiger partial charge in [-0.05, 0) is 25.0 Å². The van der Waals surface area contributed by atoms with E-state index in [1.807, 2.05) is 0 Å².